The molecule has 1 amide bonds. The Morgan fingerprint density at radius 2 is 2.25 bits per heavy atom. The van der Waals surface area contributed by atoms with Crippen LogP contribution < -0.4 is 0 Å². The summed E-state index contributed by atoms with van der Waals surface area (Å²) in [4.78, 5) is 13.5. The van der Waals surface area contributed by atoms with E-state index < -0.39 is 5.82 Å². The molecular weight excluding hydrogens is 277 g/mol. The van der Waals surface area contributed by atoms with Crippen molar-refractivity contribution in [2.75, 3.05) is 19.7 Å². The van der Waals surface area contributed by atoms with E-state index in [1.807, 2.05) is 0 Å². The van der Waals surface area contributed by atoms with Gasteiger partial charge < -0.3 is 10.0 Å². The number of rotatable bonds is 2. The second kappa shape index (κ2) is 4.51. The first-order chi connectivity index (χ1) is 7.63. The molecule has 3 nitrogen and oxygen atoms in total. The van der Waals surface area contributed by atoms with Gasteiger partial charge in [0, 0.05) is 25.6 Å². The summed E-state index contributed by atoms with van der Waals surface area (Å²) in [5, 5.41) is 8.85. The van der Waals surface area contributed by atoms with Gasteiger partial charge in [0.2, 0.25) is 0 Å². The molecule has 1 aliphatic rings. The number of likely N-dealkylation sites (tertiary alicyclic amines) is 1. The number of hydrogen-bond acceptors (Lipinski definition) is 2. The Balaban J connectivity index is 2.13. The van der Waals surface area contributed by atoms with Crippen LogP contribution >= 0.6 is 15.9 Å². The molecule has 16 heavy (non-hydrogen) atoms. The van der Waals surface area contributed by atoms with Gasteiger partial charge in [0.15, 0.2) is 0 Å². The van der Waals surface area contributed by atoms with Crippen molar-refractivity contribution in [2.45, 2.75) is 0 Å². The fourth-order valence-electron chi connectivity index (χ4n) is 1.69. The fourth-order valence-corrected chi connectivity index (χ4v) is 2.12. The van der Waals surface area contributed by atoms with Crippen molar-refractivity contribution in [3.63, 3.8) is 0 Å². The van der Waals surface area contributed by atoms with E-state index in [-0.39, 0.29) is 22.9 Å². The summed E-state index contributed by atoms with van der Waals surface area (Å²) in [6, 6.07) is 4.39. The van der Waals surface area contributed by atoms with Gasteiger partial charge in [-0.1, -0.05) is 6.07 Å². The number of carbonyl (C=O) groups excluding carboxylic acids is 1. The van der Waals surface area contributed by atoms with Gasteiger partial charge >= 0.3 is 0 Å². The largest absolute Gasteiger partial charge is 0.396 e. The lowest BCUT2D eigenvalue weighted by Gasteiger charge is -2.38. The van der Waals surface area contributed by atoms with Crippen molar-refractivity contribution in [2.24, 2.45) is 5.92 Å². The second-order valence-corrected chi connectivity index (χ2v) is 4.65. The summed E-state index contributed by atoms with van der Waals surface area (Å²) in [6.45, 7) is 1.17. The Kier molecular flexibility index (Phi) is 3.25. The molecule has 0 atom stereocenters. The number of carbonyl (C=O) groups is 1. The van der Waals surface area contributed by atoms with Crippen LogP contribution in [0.15, 0.2) is 22.7 Å². The quantitative estimate of drug-likeness (QED) is 0.899. The molecule has 1 aliphatic heterocycles. The van der Waals surface area contributed by atoms with E-state index in [0.717, 1.165) is 0 Å². The van der Waals surface area contributed by atoms with Gasteiger partial charge in [-0.15, -0.1) is 0 Å². The van der Waals surface area contributed by atoms with Crippen LogP contribution in [0, 0.1) is 11.7 Å². The summed E-state index contributed by atoms with van der Waals surface area (Å²) in [5.74, 6) is -0.475. The number of halogens is 2. The molecule has 0 bridgehead atoms. The fraction of sp³-hybridized carbons (Fsp3) is 0.364. The van der Waals surface area contributed by atoms with Crippen LogP contribution in [-0.2, 0) is 0 Å². The van der Waals surface area contributed by atoms with Gasteiger partial charge in [0.25, 0.3) is 5.91 Å². The molecule has 0 unspecified atom stereocenters. The van der Waals surface area contributed by atoms with Gasteiger partial charge in [-0.2, -0.15) is 0 Å². The molecule has 0 aliphatic carbocycles. The summed E-state index contributed by atoms with van der Waals surface area (Å²) < 4.78 is 13.4. The van der Waals surface area contributed by atoms with Crippen LogP contribution in [-0.4, -0.2) is 35.6 Å². The average Bonchev–Trinajstić information content (AvgIpc) is 2.20. The normalized spacial score (nSPS) is 16.1. The molecule has 2 rings (SSSR count). The lowest BCUT2D eigenvalue weighted by atomic mass is 10.00. The highest BCUT2D eigenvalue weighted by molar-refractivity contribution is 9.10. The molecule has 1 aromatic rings. The summed E-state index contributed by atoms with van der Waals surface area (Å²) >= 11 is 3.06. The van der Waals surface area contributed by atoms with Crippen molar-refractivity contribution in [3.8, 4) is 0 Å². The highest BCUT2D eigenvalue weighted by Gasteiger charge is 2.31. The zero-order valence-corrected chi connectivity index (χ0v) is 10.1. The number of nitrogens with zero attached hydrogens (tertiary/aromatic N) is 1. The third-order valence-electron chi connectivity index (χ3n) is 2.68. The maximum atomic E-state index is 13.2. The van der Waals surface area contributed by atoms with Crippen molar-refractivity contribution in [3.05, 3.63) is 34.1 Å². The van der Waals surface area contributed by atoms with Gasteiger partial charge in [-0.25, -0.2) is 4.39 Å². The molecule has 1 fully saturated rings. The van der Waals surface area contributed by atoms with E-state index in [1.165, 1.54) is 12.1 Å². The van der Waals surface area contributed by atoms with Gasteiger partial charge in [0.05, 0.1) is 10.0 Å². The number of hydrogen-bond donors (Lipinski definition) is 1. The van der Waals surface area contributed by atoms with E-state index in [9.17, 15) is 9.18 Å². The van der Waals surface area contributed by atoms with E-state index in [1.54, 1.807) is 11.0 Å². The first-order valence-corrected chi connectivity index (χ1v) is 5.77. The van der Waals surface area contributed by atoms with Crippen LogP contribution in [0.3, 0.4) is 0 Å². The van der Waals surface area contributed by atoms with Crippen molar-refractivity contribution >= 4 is 21.8 Å². The third-order valence-corrected chi connectivity index (χ3v) is 3.49. The molecule has 1 N–H and O–H groups in total. The minimum atomic E-state index is -0.440. The molecule has 0 saturated carbocycles. The van der Waals surface area contributed by atoms with Gasteiger partial charge in [0.1, 0.15) is 5.82 Å². The van der Waals surface area contributed by atoms with E-state index in [0.29, 0.717) is 18.7 Å². The third kappa shape index (κ3) is 1.97. The number of benzene rings is 1. The lowest BCUT2D eigenvalue weighted by molar-refractivity contribution is 0.0360. The topological polar surface area (TPSA) is 40.5 Å². The van der Waals surface area contributed by atoms with Crippen molar-refractivity contribution in [1.82, 2.24) is 4.90 Å². The predicted octanol–water partition coefficient (Wildman–Crippen LogP) is 1.65. The number of amides is 1. The lowest BCUT2D eigenvalue weighted by Crippen LogP contribution is -2.51. The molecule has 0 aromatic heterocycles. The van der Waals surface area contributed by atoms with Crippen molar-refractivity contribution in [1.29, 1.82) is 0 Å². The maximum Gasteiger partial charge on any atom is 0.255 e. The Morgan fingerprint density at radius 1 is 1.56 bits per heavy atom. The van der Waals surface area contributed by atoms with Crippen LogP contribution in [0.5, 0.6) is 0 Å². The molecule has 5 heteroatoms. The highest BCUT2D eigenvalue weighted by atomic mass is 79.9. The van der Waals surface area contributed by atoms with Crippen LogP contribution in [0.4, 0.5) is 4.39 Å². The van der Waals surface area contributed by atoms with E-state index >= 15 is 0 Å². The molecule has 1 heterocycles. The first-order valence-electron chi connectivity index (χ1n) is 4.97. The minimum absolute atomic E-state index is 0.0914. The monoisotopic (exact) mass is 287 g/mol. The van der Waals surface area contributed by atoms with E-state index in [2.05, 4.69) is 15.9 Å². The zero-order chi connectivity index (χ0) is 11.7. The molecule has 1 saturated heterocycles. The average molecular weight is 288 g/mol. The molecule has 1 aromatic carbocycles. The highest BCUT2D eigenvalue weighted by Crippen LogP contribution is 2.25. The first kappa shape index (κ1) is 11.5. The Labute approximate surface area is 101 Å². The Morgan fingerprint density at radius 3 is 2.88 bits per heavy atom. The summed E-state index contributed by atoms with van der Waals surface area (Å²) in [6.07, 6.45) is 0. The maximum absolute atomic E-state index is 13.2. The second-order valence-electron chi connectivity index (χ2n) is 3.86. The standard InChI is InChI=1S/C11H11BrFNO2/c12-10-8(2-1-3-9(10)13)11(16)14-4-7(5-14)6-15/h1-3,7,15H,4-6H2. The van der Waals surface area contributed by atoms with Crippen molar-refractivity contribution < 1.29 is 14.3 Å². The van der Waals surface area contributed by atoms with Crippen LogP contribution in [0.1, 0.15) is 10.4 Å². The SMILES string of the molecule is O=C(c1cccc(F)c1Br)N1CC(CO)C1. The minimum Gasteiger partial charge on any atom is -0.396 e. The Bertz CT molecular complexity index is 418. The van der Waals surface area contributed by atoms with Crippen LogP contribution in [0.2, 0.25) is 0 Å². The van der Waals surface area contributed by atoms with Crippen LogP contribution in [0.25, 0.3) is 0 Å². The smallest absolute Gasteiger partial charge is 0.255 e. The van der Waals surface area contributed by atoms with Gasteiger partial charge in [-0.3, -0.25) is 4.79 Å². The number of aliphatic hydroxyl groups excluding tert-OH is 1. The predicted molar refractivity (Wildman–Crippen MR) is 60.6 cm³/mol. The summed E-state index contributed by atoms with van der Waals surface area (Å²) in [5.41, 5.74) is 0.330. The molecule has 86 valence electrons. The molecular formula is C11H11BrFNO2. The summed E-state index contributed by atoms with van der Waals surface area (Å²) in [7, 11) is 0. The zero-order valence-electron chi connectivity index (χ0n) is 8.49. The van der Waals surface area contributed by atoms with E-state index in [4.69, 9.17) is 5.11 Å². The molecule has 0 spiro atoms. The Hall–Kier alpha value is -0.940. The van der Waals surface area contributed by atoms with Gasteiger partial charge in [-0.05, 0) is 28.1 Å². The number of aliphatic hydroxyl groups is 1. The molecule has 0 radical (unpaired) electrons.